The minimum atomic E-state index is -0.0210. The van der Waals surface area contributed by atoms with Gasteiger partial charge in [-0.15, -0.1) is 0 Å². The van der Waals surface area contributed by atoms with E-state index in [0.717, 1.165) is 49.4 Å². The molecule has 172 valence electrons. The van der Waals surface area contributed by atoms with Crippen molar-refractivity contribution >= 4 is 22.7 Å². The van der Waals surface area contributed by atoms with Crippen molar-refractivity contribution in [1.82, 2.24) is 29.6 Å². The third-order valence-electron chi connectivity index (χ3n) is 7.40. The van der Waals surface area contributed by atoms with Gasteiger partial charge in [-0.3, -0.25) is 9.78 Å². The van der Waals surface area contributed by atoms with Gasteiger partial charge in [0.05, 0.1) is 11.7 Å². The van der Waals surface area contributed by atoms with Crippen LogP contribution in [0.5, 0.6) is 0 Å². The Labute approximate surface area is 197 Å². The van der Waals surface area contributed by atoms with Gasteiger partial charge >= 0.3 is 0 Å². The van der Waals surface area contributed by atoms with Crippen LogP contribution in [0.3, 0.4) is 0 Å². The first kappa shape index (κ1) is 19.9. The van der Waals surface area contributed by atoms with Crippen LogP contribution in [0.2, 0.25) is 0 Å². The molecule has 0 saturated heterocycles. The fourth-order valence-electron chi connectivity index (χ4n) is 5.14. The Hall–Kier alpha value is -3.52. The van der Waals surface area contributed by atoms with E-state index < -0.39 is 0 Å². The molecule has 8 heteroatoms. The molecule has 0 radical (unpaired) electrons. The quantitative estimate of drug-likeness (QED) is 0.475. The first-order valence-corrected chi connectivity index (χ1v) is 12.3. The molecule has 2 fully saturated rings. The second kappa shape index (κ2) is 7.77. The van der Waals surface area contributed by atoms with Crippen molar-refractivity contribution in [3.05, 3.63) is 69.9 Å². The van der Waals surface area contributed by atoms with Crippen molar-refractivity contribution in [3.63, 3.8) is 0 Å². The number of fused-ring (bicyclic) bond motifs is 2. The van der Waals surface area contributed by atoms with Gasteiger partial charge in [0.25, 0.3) is 5.56 Å². The molecule has 4 aromatic rings. The number of anilines is 2. The van der Waals surface area contributed by atoms with Crippen molar-refractivity contribution in [3.8, 4) is 5.69 Å². The van der Waals surface area contributed by atoms with E-state index in [4.69, 9.17) is 4.98 Å². The predicted octanol–water partition coefficient (Wildman–Crippen LogP) is 3.97. The van der Waals surface area contributed by atoms with Crippen LogP contribution in [-0.4, -0.2) is 30.9 Å². The average Bonchev–Trinajstić information content (AvgIpc) is 3.62. The molecule has 0 spiro atoms. The number of pyridine rings is 1. The lowest BCUT2D eigenvalue weighted by Crippen LogP contribution is -2.23. The summed E-state index contributed by atoms with van der Waals surface area (Å²) < 4.78 is 3.86. The highest BCUT2D eigenvalue weighted by atomic mass is 16.1. The van der Waals surface area contributed by atoms with E-state index in [-0.39, 0.29) is 11.6 Å². The number of hydrogen-bond acceptors (Lipinski definition) is 6. The van der Waals surface area contributed by atoms with E-state index >= 15 is 0 Å². The number of nitrogens with zero attached hydrogens (tertiary/aromatic N) is 5. The smallest absolute Gasteiger partial charge is 0.278 e. The molecule has 0 amide bonds. The van der Waals surface area contributed by atoms with E-state index in [1.807, 2.05) is 21.6 Å². The van der Waals surface area contributed by atoms with Crippen LogP contribution < -0.4 is 16.2 Å². The Balaban J connectivity index is 1.32. The molecule has 3 aliphatic rings. The maximum Gasteiger partial charge on any atom is 0.278 e. The van der Waals surface area contributed by atoms with Gasteiger partial charge < -0.3 is 10.6 Å². The average molecular weight is 454 g/mol. The summed E-state index contributed by atoms with van der Waals surface area (Å²) in [4.78, 5) is 27.3. The molecule has 4 heterocycles. The maximum atomic E-state index is 13.3. The topological polar surface area (TPSA) is 89.7 Å². The zero-order valence-electron chi connectivity index (χ0n) is 19.0. The molecule has 1 aliphatic heterocycles. The number of aromatic nitrogens is 5. The van der Waals surface area contributed by atoms with Crippen LogP contribution in [0.1, 0.15) is 60.9 Å². The van der Waals surface area contributed by atoms with Crippen LogP contribution in [0.4, 0.5) is 11.6 Å². The van der Waals surface area contributed by atoms with Crippen LogP contribution >= 0.6 is 0 Å². The molecule has 0 bridgehead atoms. The van der Waals surface area contributed by atoms with E-state index in [9.17, 15) is 4.79 Å². The number of hydrogen-bond donors (Lipinski definition) is 2. The van der Waals surface area contributed by atoms with E-state index in [2.05, 4.69) is 44.9 Å². The molecule has 8 nitrogen and oxygen atoms in total. The summed E-state index contributed by atoms with van der Waals surface area (Å²) in [7, 11) is 0. The van der Waals surface area contributed by atoms with Gasteiger partial charge in [0.15, 0.2) is 5.65 Å². The highest BCUT2D eigenvalue weighted by Crippen LogP contribution is 2.38. The largest absolute Gasteiger partial charge is 0.324 e. The summed E-state index contributed by atoms with van der Waals surface area (Å²) in [5, 5.41) is 7.33. The molecule has 1 aromatic carbocycles. The summed E-state index contributed by atoms with van der Waals surface area (Å²) >= 11 is 0. The highest BCUT2D eigenvalue weighted by Gasteiger charge is 2.31. The number of nitrogens with one attached hydrogen (secondary N) is 2. The molecule has 0 atom stereocenters. The van der Waals surface area contributed by atoms with E-state index in [1.165, 1.54) is 30.4 Å². The lowest BCUT2D eigenvalue weighted by Gasteiger charge is -2.25. The van der Waals surface area contributed by atoms with Crippen LogP contribution in [0.25, 0.3) is 16.7 Å². The van der Waals surface area contributed by atoms with Crippen LogP contribution in [-0.2, 0) is 13.0 Å². The van der Waals surface area contributed by atoms with Gasteiger partial charge in [0.2, 0.25) is 5.95 Å². The monoisotopic (exact) mass is 453 g/mol. The lowest BCUT2D eigenvalue weighted by molar-refractivity contribution is 0.410. The van der Waals surface area contributed by atoms with Crippen molar-refractivity contribution < 1.29 is 0 Å². The number of benzene rings is 1. The molecule has 2 saturated carbocycles. The summed E-state index contributed by atoms with van der Waals surface area (Å²) in [6.45, 7) is 1.91. The molecule has 0 unspecified atom stereocenters. The zero-order chi connectivity index (χ0) is 22.6. The summed E-state index contributed by atoms with van der Waals surface area (Å²) in [5.74, 6) is 1.02. The Kier molecular flexibility index (Phi) is 4.55. The minimum absolute atomic E-state index is 0.0210. The first-order valence-electron chi connectivity index (χ1n) is 12.3. The van der Waals surface area contributed by atoms with Crippen molar-refractivity contribution in [2.45, 2.75) is 57.0 Å². The van der Waals surface area contributed by atoms with E-state index in [0.29, 0.717) is 22.9 Å². The van der Waals surface area contributed by atoms with Crippen LogP contribution in [0, 0.1) is 0 Å². The third kappa shape index (κ3) is 3.32. The Morgan fingerprint density at radius 1 is 1.03 bits per heavy atom. The lowest BCUT2D eigenvalue weighted by atomic mass is 9.82. The van der Waals surface area contributed by atoms with Crippen LogP contribution in [0.15, 0.2) is 47.5 Å². The summed E-state index contributed by atoms with van der Waals surface area (Å²) in [5.41, 5.74) is 6.32. The second-order valence-corrected chi connectivity index (χ2v) is 9.73. The van der Waals surface area contributed by atoms with Crippen molar-refractivity contribution in [1.29, 1.82) is 0 Å². The SMILES string of the molecule is O=c1c2cnc(Nc3ccc4c(c3)CCNC4)nc2n(-c2ccnc(C3CCC3)c2)n1C1CC1. The molecular formula is C26H27N7O. The third-order valence-corrected chi connectivity index (χ3v) is 7.40. The zero-order valence-corrected chi connectivity index (χ0v) is 19.0. The minimum Gasteiger partial charge on any atom is -0.324 e. The molecule has 3 aromatic heterocycles. The molecule has 2 aliphatic carbocycles. The standard InChI is InChI=1S/C26H27N7O/c34-25-22-15-29-26(30-19-5-4-18-14-27-10-8-17(18)12-19)31-24(22)32(33(25)20-6-7-20)21-9-11-28-23(13-21)16-2-1-3-16/h4-5,9,11-13,15-16,20,27H,1-3,6-8,10,14H2,(H,29,30,31). The van der Waals surface area contributed by atoms with Gasteiger partial charge in [0.1, 0.15) is 5.39 Å². The Morgan fingerprint density at radius 3 is 2.76 bits per heavy atom. The summed E-state index contributed by atoms with van der Waals surface area (Å²) in [6, 6.07) is 10.7. The Morgan fingerprint density at radius 2 is 1.94 bits per heavy atom. The molecule has 2 N–H and O–H groups in total. The summed E-state index contributed by atoms with van der Waals surface area (Å²) in [6.07, 6.45) is 10.2. The fourth-order valence-corrected chi connectivity index (χ4v) is 5.14. The normalized spacial score (nSPS) is 18.0. The second-order valence-electron chi connectivity index (χ2n) is 9.73. The molecule has 34 heavy (non-hydrogen) atoms. The van der Waals surface area contributed by atoms with Crippen molar-refractivity contribution in [2.24, 2.45) is 0 Å². The number of rotatable bonds is 5. The molecule has 7 rings (SSSR count). The maximum absolute atomic E-state index is 13.3. The van der Waals surface area contributed by atoms with Gasteiger partial charge in [-0.1, -0.05) is 12.5 Å². The van der Waals surface area contributed by atoms with Gasteiger partial charge in [-0.25, -0.2) is 14.3 Å². The van der Waals surface area contributed by atoms with Crippen molar-refractivity contribution in [2.75, 3.05) is 11.9 Å². The Bertz CT molecular complexity index is 1460. The molecular weight excluding hydrogens is 426 g/mol. The van der Waals surface area contributed by atoms with Gasteiger partial charge in [-0.2, -0.15) is 4.98 Å². The van der Waals surface area contributed by atoms with Gasteiger partial charge in [0, 0.05) is 36.2 Å². The van der Waals surface area contributed by atoms with Gasteiger partial charge in [-0.05, 0) is 74.0 Å². The predicted molar refractivity (Wildman–Crippen MR) is 131 cm³/mol. The van der Waals surface area contributed by atoms with E-state index in [1.54, 1.807) is 6.20 Å². The first-order chi connectivity index (χ1) is 16.7. The highest BCUT2D eigenvalue weighted by molar-refractivity contribution is 5.77. The fraction of sp³-hybridized carbons (Fsp3) is 0.385.